The molecule has 0 heterocycles. The summed E-state index contributed by atoms with van der Waals surface area (Å²) in [7, 11) is 0. The Labute approximate surface area is 115 Å². The van der Waals surface area contributed by atoms with Gasteiger partial charge in [0, 0.05) is 16.8 Å². The van der Waals surface area contributed by atoms with Crippen molar-refractivity contribution in [3.63, 3.8) is 0 Å². The molecule has 0 aliphatic heterocycles. The number of aliphatic imine (C=N–C) groups is 1. The molecule has 0 aromatic heterocycles. The first kappa shape index (κ1) is 12.4. The van der Waals surface area contributed by atoms with Crippen molar-refractivity contribution in [2.45, 2.75) is 0 Å². The van der Waals surface area contributed by atoms with Crippen molar-refractivity contribution in [1.29, 1.82) is 0 Å². The number of hydrogen-bond acceptors (Lipinski definition) is 1. The number of benzene rings is 2. The zero-order valence-electron chi connectivity index (χ0n) is 8.70. The van der Waals surface area contributed by atoms with Crippen LogP contribution in [-0.4, -0.2) is 6.21 Å². The minimum absolute atomic E-state index is 0.487. The molecule has 0 spiro atoms. The second-order valence-corrected chi connectivity index (χ2v) is 4.60. The van der Waals surface area contributed by atoms with Gasteiger partial charge in [-0.3, -0.25) is 4.99 Å². The third-order valence-corrected chi connectivity index (χ3v) is 3.24. The van der Waals surface area contributed by atoms with E-state index in [1.807, 2.05) is 24.3 Å². The van der Waals surface area contributed by atoms with E-state index in [-0.39, 0.29) is 0 Å². The maximum Gasteiger partial charge on any atom is 0.0645 e. The average Bonchev–Trinajstić information content (AvgIpc) is 2.32. The summed E-state index contributed by atoms with van der Waals surface area (Å²) >= 11 is 17.7. The van der Waals surface area contributed by atoms with Crippen LogP contribution in [0.5, 0.6) is 0 Å². The molecule has 0 fully saturated rings. The van der Waals surface area contributed by atoms with Crippen molar-refractivity contribution < 1.29 is 0 Å². The highest BCUT2D eigenvalue weighted by atomic mass is 35.5. The van der Waals surface area contributed by atoms with Gasteiger partial charge in [0.05, 0.1) is 15.7 Å². The maximum atomic E-state index is 6.01. The van der Waals surface area contributed by atoms with Gasteiger partial charge in [-0.15, -0.1) is 0 Å². The van der Waals surface area contributed by atoms with E-state index in [4.69, 9.17) is 34.8 Å². The molecule has 0 radical (unpaired) electrons. The molecule has 17 heavy (non-hydrogen) atoms. The maximum absolute atomic E-state index is 6.01. The molecule has 4 heteroatoms. The van der Waals surface area contributed by atoms with E-state index in [2.05, 4.69) is 4.99 Å². The zero-order chi connectivity index (χ0) is 12.3. The summed E-state index contributed by atoms with van der Waals surface area (Å²) in [5, 5.41) is 1.67. The van der Waals surface area contributed by atoms with Crippen LogP contribution in [0.1, 0.15) is 5.56 Å². The molecule has 0 amide bonds. The van der Waals surface area contributed by atoms with E-state index in [0.717, 1.165) is 11.3 Å². The molecule has 0 N–H and O–H groups in total. The molecule has 0 bridgehead atoms. The Bertz CT molecular complexity index is 564. The highest BCUT2D eigenvalue weighted by molar-refractivity contribution is 6.42. The van der Waals surface area contributed by atoms with Crippen LogP contribution in [0.4, 0.5) is 5.69 Å². The lowest BCUT2D eigenvalue weighted by molar-refractivity contribution is 1.52. The summed E-state index contributed by atoms with van der Waals surface area (Å²) in [5.41, 5.74) is 1.60. The van der Waals surface area contributed by atoms with Gasteiger partial charge >= 0.3 is 0 Å². The van der Waals surface area contributed by atoms with Gasteiger partial charge in [-0.25, -0.2) is 0 Å². The molecule has 0 saturated heterocycles. The normalized spacial score (nSPS) is 11.0. The fourth-order valence-electron chi connectivity index (χ4n) is 1.29. The van der Waals surface area contributed by atoms with E-state index in [0.29, 0.717) is 15.1 Å². The summed E-state index contributed by atoms with van der Waals surface area (Å²) in [6.45, 7) is 0. The Morgan fingerprint density at radius 1 is 0.824 bits per heavy atom. The minimum Gasteiger partial charge on any atom is -0.256 e. The molecule has 0 unspecified atom stereocenters. The Morgan fingerprint density at radius 2 is 1.59 bits per heavy atom. The summed E-state index contributed by atoms with van der Waals surface area (Å²) in [5.74, 6) is 0. The topological polar surface area (TPSA) is 12.4 Å². The lowest BCUT2D eigenvalue weighted by Gasteiger charge is -1.98. The molecule has 0 atom stereocenters. The van der Waals surface area contributed by atoms with E-state index in [9.17, 15) is 0 Å². The van der Waals surface area contributed by atoms with Crippen LogP contribution >= 0.6 is 34.8 Å². The van der Waals surface area contributed by atoms with Crippen molar-refractivity contribution in [1.82, 2.24) is 0 Å². The highest BCUT2D eigenvalue weighted by Gasteiger charge is 1.98. The van der Waals surface area contributed by atoms with E-state index >= 15 is 0 Å². The summed E-state index contributed by atoms with van der Waals surface area (Å²) < 4.78 is 0. The third-order valence-electron chi connectivity index (χ3n) is 2.16. The quantitative estimate of drug-likeness (QED) is 0.655. The van der Waals surface area contributed by atoms with Crippen molar-refractivity contribution >= 4 is 46.7 Å². The lowest BCUT2D eigenvalue weighted by atomic mass is 10.2. The summed E-state index contributed by atoms with van der Waals surface area (Å²) in [4.78, 5) is 4.29. The van der Waals surface area contributed by atoms with Gasteiger partial charge in [-0.1, -0.05) is 53.0 Å². The molecular weight excluding hydrogens is 277 g/mol. The molecule has 0 saturated carbocycles. The van der Waals surface area contributed by atoms with Gasteiger partial charge < -0.3 is 0 Å². The summed E-state index contributed by atoms with van der Waals surface area (Å²) in [6, 6.07) is 12.7. The van der Waals surface area contributed by atoms with Crippen molar-refractivity contribution in [3.05, 3.63) is 63.1 Å². The van der Waals surface area contributed by atoms with Crippen molar-refractivity contribution in [2.75, 3.05) is 0 Å². The standard InChI is InChI=1S/C13H8Cl3N/c14-11-4-2-1-3-9(11)8-17-10-5-6-12(15)13(16)7-10/h1-8H/b17-8+. The van der Waals surface area contributed by atoms with Crippen LogP contribution in [-0.2, 0) is 0 Å². The Hall–Kier alpha value is -1.02. The molecule has 2 rings (SSSR count). The van der Waals surface area contributed by atoms with Crippen LogP contribution in [0, 0.1) is 0 Å². The van der Waals surface area contributed by atoms with Crippen LogP contribution in [0.25, 0.3) is 0 Å². The van der Waals surface area contributed by atoms with E-state index in [1.165, 1.54) is 0 Å². The molecule has 86 valence electrons. The van der Waals surface area contributed by atoms with Crippen molar-refractivity contribution in [3.8, 4) is 0 Å². The first-order valence-corrected chi connectivity index (χ1v) is 6.04. The number of hydrogen-bond donors (Lipinski definition) is 0. The zero-order valence-corrected chi connectivity index (χ0v) is 11.0. The van der Waals surface area contributed by atoms with Crippen LogP contribution in [0.2, 0.25) is 15.1 Å². The Balaban J connectivity index is 2.26. The predicted octanol–water partition coefficient (Wildman–Crippen LogP) is 5.40. The van der Waals surface area contributed by atoms with E-state index < -0.39 is 0 Å². The van der Waals surface area contributed by atoms with Crippen LogP contribution in [0.15, 0.2) is 47.5 Å². The fourth-order valence-corrected chi connectivity index (χ4v) is 1.77. The first-order valence-electron chi connectivity index (χ1n) is 4.90. The molecule has 0 aliphatic rings. The van der Waals surface area contributed by atoms with Gasteiger partial charge in [0.1, 0.15) is 0 Å². The highest BCUT2D eigenvalue weighted by Crippen LogP contribution is 2.26. The van der Waals surface area contributed by atoms with Gasteiger partial charge in [-0.2, -0.15) is 0 Å². The molecule has 1 nitrogen and oxygen atoms in total. The SMILES string of the molecule is Clc1ccc(/N=C/c2ccccc2Cl)cc1Cl. The van der Waals surface area contributed by atoms with Crippen LogP contribution in [0.3, 0.4) is 0 Å². The van der Waals surface area contributed by atoms with Gasteiger partial charge in [0.2, 0.25) is 0 Å². The molecular formula is C13H8Cl3N. The van der Waals surface area contributed by atoms with E-state index in [1.54, 1.807) is 24.4 Å². The average molecular weight is 285 g/mol. The number of rotatable bonds is 2. The number of nitrogens with zero attached hydrogens (tertiary/aromatic N) is 1. The third kappa shape index (κ3) is 3.22. The molecule has 2 aromatic rings. The predicted molar refractivity (Wildman–Crippen MR) is 75.2 cm³/mol. The van der Waals surface area contributed by atoms with Gasteiger partial charge in [0.15, 0.2) is 0 Å². The minimum atomic E-state index is 0.487. The fraction of sp³-hybridized carbons (Fsp3) is 0. The smallest absolute Gasteiger partial charge is 0.0645 e. The van der Waals surface area contributed by atoms with Gasteiger partial charge in [0.25, 0.3) is 0 Å². The summed E-state index contributed by atoms with van der Waals surface area (Å²) in [6.07, 6.45) is 1.70. The van der Waals surface area contributed by atoms with Crippen molar-refractivity contribution in [2.24, 2.45) is 4.99 Å². The molecule has 0 aliphatic carbocycles. The first-order chi connectivity index (χ1) is 8.16. The monoisotopic (exact) mass is 283 g/mol. The number of halogens is 3. The second-order valence-electron chi connectivity index (χ2n) is 3.38. The van der Waals surface area contributed by atoms with Crippen LogP contribution < -0.4 is 0 Å². The largest absolute Gasteiger partial charge is 0.256 e. The lowest BCUT2D eigenvalue weighted by Crippen LogP contribution is -1.81. The molecule has 2 aromatic carbocycles. The Morgan fingerprint density at radius 3 is 2.29 bits per heavy atom. The second kappa shape index (κ2) is 5.54. The van der Waals surface area contributed by atoms with Gasteiger partial charge in [-0.05, 0) is 24.3 Å². The Kier molecular flexibility index (Phi) is 4.06.